The molecule has 1 amide bonds. The fourth-order valence-corrected chi connectivity index (χ4v) is 7.80. The highest BCUT2D eigenvalue weighted by Gasteiger charge is 2.36. The topological polar surface area (TPSA) is 85.4 Å². The van der Waals surface area contributed by atoms with Gasteiger partial charge in [0.25, 0.3) is 0 Å². The molecule has 230 valence electrons. The Morgan fingerprint density at radius 3 is 2.40 bits per heavy atom. The molecule has 4 aliphatic heterocycles. The van der Waals surface area contributed by atoms with Gasteiger partial charge in [0.05, 0.1) is 0 Å². The van der Waals surface area contributed by atoms with Crippen molar-refractivity contribution in [3.63, 3.8) is 0 Å². The SMILES string of the molecule is Cl.Cl.Cl.O=C(NCCC1C(Nc2nccc(N3CCCCCC3)n2)CCCN1C1CCSCC1)C1CCNCC1. The molecule has 1 aromatic heterocycles. The number of nitrogens with one attached hydrogen (secondary N) is 3. The third-order valence-electron chi connectivity index (χ3n) is 8.82. The van der Waals surface area contributed by atoms with Crippen molar-refractivity contribution < 1.29 is 4.79 Å². The quantitative estimate of drug-likeness (QED) is 0.376. The molecular weight excluding hydrogens is 589 g/mol. The predicted molar refractivity (Wildman–Crippen MR) is 175 cm³/mol. The van der Waals surface area contributed by atoms with Crippen molar-refractivity contribution in [3.8, 4) is 0 Å². The highest BCUT2D eigenvalue weighted by Crippen LogP contribution is 2.31. The van der Waals surface area contributed by atoms with Crippen LogP contribution in [-0.2, 0) is 4.79 Å². The molecule has 1 aromatic rings. The van der Waals surface area contributed by atoms with Gasteiger partial charge < -0.3 is 20.9 Å². The second-order valence-corrected chi connectivity index (χ2v) is 12.5. The summed E-state index contributed by atoms with van der Waals surface area (Å²) in [4.78, 5) is 27.6. The zero-order valence-electron chi connectivity index (χ0n) is 23.7. The molecule has 4 fully saturated rings. The third-order valence-corrected chi connectivity index (χ3v) is 9.87. The van der Waals surface area contributed by atoms with Crippen molar-refractivity contribution in [2.24, 2.45) is 5.92 Å². The van der Waals surface area contributed by atoms with Gasteiger partial charge in [-0.05, 0) is 95.0 Å². The first-order valence-corrected chi connectivity index (χ1v) is 16.1. The Morgan fingerprint density at radius 1 is 0.950 bits per heavy atom. The van der Waals surface area contributed by atoms with Gasteiger partial charge in [-0.25, -0.2) is 4.98 Å². The standard InChI is InChI=1S/C28H47N7OS.3ClH/c36-27(22-7-13-29-14-8-22)30-15-9-25-24(6-5-19-35(25)23-11-20-37-21-12-23)32-28-31-16-10-26(33-28)34-17-3-1-2-4-18-34;;;/h10,16,22-25,29H,1-9,11-15,17-21H2,(H,30,36)(H,31,32,33);3*1H. The van der Waals surface area contributed by atoms with Crippen molar-refractivity contribution in [1.29, 1.82) is 0 Å². The van der Waals surface area contributed by atoms with Gasteiger partial charge in [-0.2, -0.15) is 16.7 Å². The Morgan fingerprint density at radius 2 is 1.68 bits per heavy atom. The number of amides is 1. The van der Waals surface area contributed by atoms with E-state index in [0.717, 1.165) is 76.7 Å². The van der Waals surface area contributed by atoms with Gasteiger partial charge in [-0.15, -0.1) is 37.2 Å². The molecule has 4 aliphatic rings. The van der Waals surface area contributed by atoms with E-state index in [2.05, 4.69) is 48.6 Å². The molecule has 40 heavy (non-hydrogen) atoms. The minimum Gasteiger partial charge on any atom is -0.356 e. The summed E-state index contributed by atoms with van der Waals surface area (Å²) in [5.41, 5.74) is 0. The van der Waals surface area contributed by atoms with Crippen LogP contribution in [0.3, 0.4) is 0 Å². The number of likely N-dealkylation sites (tertiary alicyclic amines) is 1. The number of hydrogen-bond donors (Lipinski definition) is 3. The Bertz CT molecular complexity index is 853. The number of halogens is 3. The number of carbonyl (C=O) groups excluding carboxylic acids is 1. The van der Waals surface area contributed by atoms with Gasteiger partial charge in [0, 0.05) is 49.9 Å². The van der Waals surface area contributed by atoms with Gasteiger partial charge in [0.15, 0.2) is 0 Å². The highest BCUT2D eigenvalue weighted by atomic mass is 35.5. The van der Waals surface area contributed by atoms with Gasteiger partial charge in [0.1, 0.15) is 5.82 Å². The summed E-state index contributed by atoms with van der Waals surface area (Å²) < 4.78 is 0. The number of anilines is 2. The first-order valence-electron chi connectivity index (χ1n) is 14.9. The van der Waals surface area contributed by atoms with Crippen LogP contribution < -0.4 is 20.9 Å². The molecule has 0 saturated carbocycles. The molecule has 0 bridgehead atoms. The second-order valence-electron chi connectivity index (χ2n) is 11.3. The smallest absolute Gasteiger partial charge is 0.224 e. The summed E-state index contributed by atoms with van der Waals surface area (Å²) in [5, 5.41) is 10.4. The third kappa shape index (κ3) is 9.94. The number of nitrogens with zero attached hydrogens (tertiary/aromatic N) is 4. The Balaban J connectivity index is 0.00000187. The first-order chi connectivity index (χ1) is 18.3. The van der Waals surface area contributed by atoms with E-state index in [1.165, 1.54) is 56.5 Å². The Hall–Kier alpha value is -0.710. The summed E-state index contributed by atoms with van der Waals surface area (Å²) in [7, 11) is 0. The van der Waals surface area contributed by atoms with Gasteiger partial charge in [0.2, 0.25) is 11.9 Å². The molecule has 2 atom stereocenters. The monoisotopic (exact) mass is 637 g/mol. The minimum atomic E-state index is 0. The molecule has 0 radical (unpaired) electrons. The molecule has 3 N–H and O–H groups in total. The van der Waals surface area contributed by atoms with Crippen LogP contribution in [0.15, 0.2) is 12.3 Å². The van der Waals surface area contributed by atoms with Crippen LogP contribution in [0.25, 0.3) is 0 Å². The Kier molecular flexibility index (Phi) is 16.6. The summed E-state index contributed by atoms with van der Waals surface area (Å²) >= 11 is 2.09. The summed E-state index contributed by atoms with van der Waals surface area (Å²) in [6.07, 6.45) is 14.8. The van der Waals surface area contributed by atoms with E-state index in [4.69, 9.17) is 4.98 Å². The van der Waals surface area contributed by atoms with Crippen molar-refractivity contribution in [1.82, 2.24) is 25.5 Å². The van der Waals surface area contributed by atoms with E-state index in [9.17, 15) is 4.79 Å². The van der Waals surface area contributed by atoms with E-state index in [0.29, 0.717) is 18.1 Å². The van der Waals surface area contributed by atoms with Crippen molar-refractivity contribution in [3.05, 3.63) is 12.3 Å². The largest absolute Gasteiger partial charge is 0.356 e. The first kappa shape index (κ1) is 35.5. The van der Waals surface area contributed by atoms with E-state index in [-0.39, 0.29) is 49.0 Å². The van der Waals surface area contributed by atoms with Crippen LogP contribution in [0, 0.1) is 5.92 Å². The van der Waals surface area contributed by atoms with Crippen LogP contribution in [0.4, 0.5) is 11.8 Å². The predicted octanol–water partition coefficient (Wildman–Crippen LogP) is 4.77. The summed E-state index contributed by atoms with van der Waals surface area (Å²) in [6, 6.07) is 3.41. The molecule has 2 unspecified atom stereocenters. The lowest BCUT2D eigenvalue weighted by Gasteiger charge is -2.47. The lowest BCUT2D eigenvalue weighted by Crippen LogP contribution is -2.56. The molecule has 4 saturated heterocycles. The minimum absolute atomic E-state index is 0. The number of carbonyl (C=O) groups is 1. The van der Waals surface area contributed by atoms with Crippen LogP contribution in [0.5, 0.6) is 0 Å². The van der Waals surface area contributed by atoms with Crippen LogP contribution in [0.1, 0.15) is 70.6 Å². The van der Waals surface area contributed by atoms with Crippen molar-refractivity contribution in [2.75, 3.05) is 61.0 Å². The average molecular weight is 639 g/mol. The van der Waals surface area contributed by atoms with E-state index < -0.39 is 0 Å². The van der Waals surface area contributed by atoms with Gasteiger partial charge in [-0.3, -0.25) is 9.69 Å². The Labute approximate surface area is 264 Å². The van der Waals surface area contributed by atoms with Crippen molar-refractivity contribution in [2.45, 2.75) is 88.8 Å². The fourth-order valence-electron chi connectivity index (χ4n) is 6.72. The van der Waals surface area contributed by atoms with Crippen molar-refractivity contribution >= 4 is 66.7 Å². The van der Waals surface area contributed by atoms with E-state index in [1.54, 1.807) is 0 Å². The number of rotatable bonds is 8. The molecule has 0 aliphatic carbocycles. The number of aromatic nitrogens is 2. The fraction of sp³-hybridized carbons (Fsp3) is 0.821. The van der Waals surface area contributed by atoms with Crippen LogP contribution in [0.2, 0.25) is 0 Å². The maximum absolute atomic E-state index is 12.8. The van der Waals surface area contributed by atoms with Gasteiger partial charge >= 0.3 is 0 Å². The van der Waals surface area contributed by atoms with Gasteiger partial charge in [-0.1, -0.05) is 12.8 Å². The highest BCUT2D eigenvalue weighted by molar-refractivity contribution is 7.99. The lowest BCUT2D eigenvalue weighted by atomic mass is 9.90. The molecule has 0 aromatic carbocycles. The van der Waals surface area contributed by atoms with Crippen LogP contribution >= 0.6 is 49.0 Å². The molecule has 5 heterocycles. The molecule has 0 spiro atoms. The summed E-state index contributed by atoms with van der Waals surface area (Å²) in [5.74, 6) is 4.76. The zero-order chi connectivity index (χ0) is 25.3. The molecule has 12 heteroatoms. The number of thioether (sulfide) groups is 1. The molecule has 5 rings (SSSR count). The zero-order valence-corrected chi connectivity index (χ0v) is 27.0. The number of piperidine rings is 2. The maximum Gasteiger partial charge on any atom is 0.224 e. The van der Waals surface area contributed by atoms with Crippen LogP contribution in [-0.4, -0.2) is 89.7 Å². The van der Waals surface area contributed by atoms with E-state index >= 15 is 0 Å². The maximum atomic E-state index is 12.8. The van der Waals surface area contributed by atoms with E-state index in [1.807, 2.05) is 6.20 Å². The normalized spacial score (nSPS) is 24.9. The average Bonchev–Trinajstić information content (AvgIpc) is 3.25. The second kappa shape index (κ2) is 18.7. The molecule has 8 nitrogen and oxygen atoms in total. The lowest BCUT2D eigenvalue weighted by molar-refractivity contribution is -0.125. The number of hydrogen-bond acceptors (Lipinski definition) is 8. The summed E-state index contributed by atoms with van der Waals surface area (Å²) in [6.45, 7) is 6.00. The molecular formula is C28H50Cl3N7OS.